The molecule has 9 nitrogen and oxygen atoms in total. The van der Waals surface area contributed by atoms with Gasteiger partial charge in [0.25, 0.3) is 0 Å². The van der Waals surface area contributed by atoms with E-state index in [1.807, 2.05) is 18.2 Å². The molecule has 0 aliphatic heterocycles. The van der Waals surface area contributed by atoms with Gasteiger partial charge >= 0.3 is 13.8 Å². The Hall–Kier alpha value is -2.52. The highest BCUT2D eigenvalue weighted by Gasteiger charge is 2.24. The van der Waals surface area contributed by atoms with Gasteiger partial charge in [0, 0.05) is 13.0 Å². The summed E-state index contributed by atoms with van der Waals surface area (Å²) in [7, 11) is -4.33. The summed E-state index contributed by atoms with van der Waals surface area (Å²) in [6, 6.07) is 0. The maximum absolute atomic E-state index is 12.4. The second kappa shape index (κ2) is 41.1. The fraction of sp³-hybridized carbons (Fsp3) is 0.667. The fourth-order valence-corrected chi connectivity index (χ4v) is 6.09. The summed E-state index contributed by atoms with van der Waals surface area (Å²) >= 11 is 0. The average Bonchev–Trinajstić information content (AvgIpc) is 3.18. The molecule has 0 aromatic rings. The van der Waals surface area contributed by atoms with E-state index in [2.05, 4.69) is 62.5 Å². The molecule has 0 aliphatic carbocycles. The van der Waals surface area contributed by atoms with Crippen molar-refractivity contribution in [3.8, 4) is 0 Å². The SMILES string of the molecule is CC/C=C\C/C=C\C/C=C\C/C=C\C/C=C\C=C/C(O)CCC(=O)OC[C@H](COP(=O)(O)OCCN)O/C=C/CCCCCCCCCCCCCCCC. The highest BCUT2D eigenvalue weighted by Crippen LogP contribution is 2.43. The summed E-state index contributed by atoms with van der Waals surface area (Å²) in [6.45, 7) is 3.81. The van der Waals surface area contributed by atoms with Gasteiger partial charge in [-0.2, -0.15) is 0 Å². The monoisotopic (exact) mass is 792 g/mol. The predicted octanol–water partition coefficient (Wildman–Crippen LogP) is 11.8. The van der Waals surface area contributed by atoms with Crippen molar-refractivity contribution in [3.63, 3.8) is 0 Å². The number of aliphatic hydroxyl groups is 1. The quantitative estimate of drug-likeness (QED) is 0.0139. The molecule has 0 aromatic carbocycles. The predicted molar refractivity (Wildman–Crippen MR) is 230 cm³/mol. The van der Waals surface area contributed by atoms with Gasteiger partial charge in [0.15, 0.2) is 6.10 Å². The zero-order chi connectivity index (χ0) is 40.3. The van der Waals surface area contributed by atoms with Crippen molar-refractivity contribution >= 4 is 13.8 Å². The number of hydrogen-bond acceptors (Lipinski definition) is 8. The largest absolute Gasteiger partial charge is 0.492 e. The molecule has 10 heteroatoms. The van der Waals surface area contributed by atoms with Gasteiger partial charge in [-0.1, -0.05) is 170 Å². The van der Waals surface area contributed by atoms with Crippen molar-refractivity contribution in [1.82, 2.24) is 0 Å². The highest BCUT2D eigenvalue weighted by atomic mass is 31.2. The Kier molecular flexibility index (Phi) is 39.2. The summed E-state index contributed by atoms with van der Waals surface area (Å²) in [5, 5.41) is 10.3. The zero-order valence-electron chi connectivity index (χ0n) is 34.5. The number of ether oxygens (including phenoxy) is 2. The Morgan fingerprint density at radius 2 is 1.20 bits per heavy atom. The molecule has 0 fully saturated rings. The summed E-state index contributed by atoms with van der Waals surface area (Å²) in [5.41, 5.74) is 5.35. The lowest BCUT2D eigenvalue weighted by atomic mass is 10.0. The first-order chi connectivity index (χ1) is 26.8. The molecule has 0 saturated heterocycles. The topological polar surface area (TPSA) is 138 Å². The number of phosphoric ester groups is 1. The third kappa shape index (κ3) is 40.9. The molecule has 0 spiro atoms. The molecular weight excluding hydrogens is 713 g/mol. The van der Waals surface area contributed by atoms with Crippen LogP contribution in [0.1, 0.15) is 155 Å². The second-order valence-electron chi connectivity index (χ2n) is 13.7. The number of esters is 1. The van der Waals surface area contributed by atoms with Gasteiger partial charge in [-0.3, -0.25) is 13.8 Å². The third-order valence-corrected chi connectivity index (χ3v) is 9.52. The van der Waals surface area contributed by atoms with Crippen molar-refractivity contribution in [3.05, 3.63) is 85.3 Å². The van der Waals surface area contributed by atoms with Crippen LogP contribution in [0, 0.1) is 0 Å². The normalized spacial score (nSPS) is 14.9. The lowest BCUT2D eigenvalue weighted by Crippen LogP contribution is -2.26. The van der Waals surface area contributed by atoms with Gasteiger partial charge in [-0.25, -0.2) is 4.57 Å². The zero-order valence-corrected chi connectivity index (χ0v) is 35.4. The molecule has 0 bridgehead atoms. The molecule has 316 valence electrons. The first kappa shape index (κ1) is 52.5. The molecule has 3 atom stereocenters. The number of phosphoric acid groups is 1. The Balaban J connectivity index is 4.34. The van der Waals surface area contributed by atoms with Crippen LogP contribution in [0.2, 0.25) is 0 Å². The number of carbonyl (C=O) groups excluding carboxylic acids is 1. The molecule has 2 unspecified atom stereocenters. The van der Waals surface area contributed by atoms with Gasteiger partial charge in [0.2, 0.25) is 0 Å². The number of aliphatic hydroxyl groups excluding tert-OH is 1. The van der Waals surface area contributed by atoms with Gasteiger partial charge in [-0.05, 0) is 57.4 Å². The number of hydrogen-bond donors (Lipinski definition) is 3. The van der Waals surface area contributed by atoms with E-state index < -0.39 is 26.0 Å². The molecule has 0 saturated carbocycles. The van der Waals surface area contributed by atoms with Gasteiger partial charge in [0.1, 0.15) is 6.61 Å². The number of nitrogens with two attached hydrogens (primary N) is 1. The molecule has 0 heterocycles. The van der Waals surface area contributed by atoms with Gasteiger partial charge in [0.05, 0.1) is 25.6 Å². The summed E-state index contributed by atoms with van der Waals surface area (Å²) in [4.78, 5) is 22.3. The van der Waals surface area contributed by atoms with E-state index in [0.29, 0.717) is 0 Å². The standard InChI is InChI=1S/C45H78NO8P/c1-3-5-7-9-11-13-15-17-19-21-23-25-27-29-31-33-35-43(47)36-37-45(48)52-41-44(42-54-55(49,50)53-40-38-46)51-39-34-32-30-28-26-24-22-20-18-16-14-12-10-8-6-4-2/h5,7,11,13,17,19,23,25,29,31,33-35,39,43-44,47H,3-4,6,8-10,12,14-16,18,20-22,24,26-28,30,32,36-38,40-42,46H2,1-2H3,(H,49,50)/b7-5-,13-11-,19-17-,25-23-,31-29-,35-33-,39-34+/t43?,44-/m1/s1. The highest BCUT2D eigenvalue weighted by molar-refractivity contribution is 7.47. The molecule has 55 heavy (non-hydrogen) atoms. The molecule has 0 amide bonds. The number of unbranched alkanes of at least 4 members (excludes halogenated alkanes) is 14. The molecule has 0 radical (unpaired) electrons. The van der Waals surface area contributed by atoms with Crippen molar-refractivity contribution in [2.24, 2.45) is 5.73 Å². The summed E-state index contributed by atoms with van der Waals surface area (Å²) in [5.74, 6) is -0.520. The van der Waals surface area contributed by atoms with Crippen molar-refractivity contribution in [2.75, 3.05) is 26.4 Å². The number of rotatable bonds is 39. The van der Waals surface area contributed by atoms with E-state index in [1.54, 1.807) is 12.2 Å². The number of carbonyl (C=O) groups is 1. The van der Waals surface area contributed by atoms with E-state index in [4.69, 9.17) is 24.3 Å². The van der Waals surface area contributed by atoms with Crippen LogP contribution in [0.4, 0.5) is 0 Å². The lowest BCUT2D eigenvalue weighted by molar-refractivity contribution is -0.147. The molecule has 0 aromatic heterocycles. The first-order valence-corrected chi connectivity index (χ1v) is 22.7. The third-order valence-electron chi connectivity index (χ3n) is 8.53. The maximum Gasteiger partial charge on any atom is 0.472 e. The van der Waals surface area contributed by atoms with E-state index >= 15 is 0 Å². The van der Waals surface area contributed by atoms with E-state index in [-0.39, 0.29) is 39.2 Å². The van der Waals surface area contributed by atoms with Crippen molar-refractivity contribution in [2.45, 2.75) is 167 Å². The Labute approximate surface area is 335 Å². The Bertz CT molecular complexity index is 1130. The lowest BCUT2D eigenvalue weighted by Gasteiger charge is -2.19. The van der Waals surface area contributed by atoms with Crippen LogP contribution in [0.5, 0.6) is 0 Å². The minimum atomic E-state index is -4.33. The molecular formula is C45H78NO8P. The molecule has 0 rings (SSSR count). The van der Waals surface area contributed by atoms with Crippen LogP contribution in [-0.4, -0.2) is 54.5 Å². The molecule has 0 aliphatic rings. The fourth-order valence-electron chi connectivity index (χ4n) is 5.32. The van der Waals surface area contributed by atoms with E-state index in [9.17, 15) is 19.4 Å². The minimum Gasteiger partial charge on any atom is -0.492 e. The molecule has 4 N–H and O–H groups in total. The Morgan fingerprint density at radius 3 is 1.75 bits per heavy atom. The van der Waals surface area contributed by atoms with Crippen LogP contribution in [0.15, 0.2) is 85.3 Å². The maximum atomic E-state index is 12.4. The summed E-state index contributed by atoms with van der Waals surface area (Å²) in [6.07, 6.45) is 50.3. The van der Waals surface area contributed by atoms with E-state index in [1.165, 1.54) is 83.3 Å². The van der Waals surface area contributed by atoms with Gasteiger partial charge in [-0.15, -0.1) is 0 Å². The average molecular weight is 792 g/mol. The van der Waals surface area contributed by atoms with Crippen LogP contribution in [0.25, 0.3) is 0 Å². The second-order valence-corrected chi connectivity index (χ2v) is 15.2. The van der Waals surface area contributed by atoms with Crippen molar-refractivity contribution < 1.29 is 37.9 Å². The van der Waals surface area contributed by atoms with Crippen LogP contribution < -0.4 is 5.73 Å². The smallest absolute Gasteiger partial charge is 0.472 e. The van der Waals surface area contributed by atoms with E-state index in [0.717, 1.165) is 51.4 Å². The summed E-state index contributed by atoms with van der Waals surface area (Å²) < 4.78 is 33.0. The van der Waals surface area contributed by atoms with Crippen LogP contribution in [0.3, 0.4) is 0 Å². The van der Waals surface area contributed by atoms with Crippen LogP contribution >= 0.6 is 7.82 Å². The van der Waals surface area contributed by atoms with Crippen LogP contribution in [-0.2, 0) is 27.9 Å². The Morgan fingerprint density at radius 1 is 0.673 bits per heavy atom. The number of allylic oxidation sites excluding steroid dienone is 12. The van der Waals surface area contributed by atoms with Gasteiger partial charge < -0.3 is 25.2 Å². The minimum absolute atomic E-state index is 0.00216. The first-order valence-electron chi connectivity index (χ1n) is 21.2. The van der Waals surface area contributed by atoms with Crippen molar-refractivity contribution in [1.29, 1.82) is 0 Å².